The van der Waals surface area contributed by atoms with E-state index in [1.54, 1.807) is 18.2 Å². The van der Waals surface area contributed by atoms with E-state index in [1.165, 1.54) is 19.2 Å². The molecule has 0 bridgehead atoms. The molecule has 2 nitrogen and oxygen atoms in total. The molecule has 0 unspecified atom stereocenters. The zero-order valence-electron chi connectivity index (χ0n) is 15.0. The molecule has 0 fully saturated rings. The van der Waals surface area contributed by atoms with Crippen LogP contribution in [0.1, 0.15) is 48.8 Å². The van der Waals surface area contributed by atoms with E-state index >= 15 is 0 Å². The van der Waals surface area contributed by atoms with Crippen LogP contribution in [-0.4, -0.2) is 18.8 Å². The van der Waals surface area contributed by atoms with Gasteiger partial charge in [0, 0.05) is 6.61 Å². The van der Waals surface area contributed by atoms with Crippen LogP contribution in [0.3, 0.4) is 0 Å². The number of rotatable bonds is 6. The Balaban J connectivity index is 2.13. The maximum Gasteiger partial charge on any atom is 0.168 e. The average molecular weight is 358 g/mol. The highest BCUT2D eigenvalue weighted by Crippen LogP contribution is 2.40. The van der Waals surface area contributed by atoms with Gasteiger partial charge in [-0.25, -0.2) is 8.78 Å². The van der Waals surface area contributed by atoms with E-state index in [2.05, 4.69) is 0 Å². The number of fused-ring (bicyclic) bond motifs is 1. The molecule has 0 aromatic heterocycles. The number of hydrogen-bond acceptors (Lipinski definition) is 2. The fourth-order valence-electron chi connectivity index (χ4n) is 3.71. The minimum absolute atomic E-state index is 0.142. The topological polar surface area (TPSA) is 29.5 Å². The van der Waals surface area contributed by atoms with Gasteiger partial charge in [-0.2, -0.15) is 0 Å². The van der Waals surface area contributed by atoms with Gasteiger partial charge in [0.05, 0.1) is 7.11 Å². The molecule has 138 valence electrons. The first-order valence-corrected chi connectivity index (χ1v) is 9.10. The summed E-state index contributed by atoms with van der Waals surface area (Å²) in [4.78, 5) is 0. The number of aliphatic hydroxyl groups excluding tert-OH is 1. The van der Waals surface area contributed by atoms with Crippen molar-refractivity contribution in [3.8, 4) is 5.75 Å². The number of benzene rings is 2. The number of ether oxygens (including phenoxy) is 1. The van der Waals surface area contributed by atoms with E-state index in [1.807, 2.05) is 6.07 Å². The number of methoxy groups -OCH3 is 1. The fraction of sp³-hybridized carbons (Fsp3) is 0.364. The van der Waals surface area contributed by atoms with Crippen molar-refractivity contribution in [1.82, 2.24) is 0 Å². The highest BCUT2D eigenvalue weighted by atomic mass is 19.1. The van der Waals surface area contributed by atoms with E-state index < -0.39 is 0 Å². The molecule has 3 rings (SSSR count). The summed E-state index contributed by atoms with van der Waals surface area (Å²) in [6, 6.07) is 10.1. The third-order valence-electron chi connectivity index (χ3n) is 5.00. The lowest BCUT2D eigenvalue weighted by atomic mass is 9.89. The summed E-state index contributed by atoms with van der Waals surface area (Å²) in [5, 5.41) is 9.14. The molecule has 4 heteroatoms. The third kappa shape index (κ3) is 3.80. The van der Waals surface area contributed by atoms with Crippen molar-refractivity contribution in [3.63, 3.8) is 0 Å². The highest BCUT2D eigenvalue weighted by Gasteiger charge is 2.22. The Morgan fingerprint density at radius 1 is 1.00 bits per heavy atom. The lowest BCUT2D eigenvalue weighted by Crippen LogP contribution is -2.00. The molecule has 1 aliphatic carbocycles. The largest absolute Gasteiger partial charge is 0.494 e. The second kappa shape index (κ2) is 8.45. The molecular formula is C22H24F2O2. The Kier molecular flexibility index (Phi) is 6.04. The van der Waals surface area contributed by atoms with Crippen molar-refractivity contribution in [3.05, 3.63) is 64.7 Å². The van der Waals surface area contributed by atoms with Crippen LogP contribution in [0.4, 0.5) is 8.78 Å². The van der Waals surface area contributed by atoms with Crippen molar-refractivity contribution in [2.45, 2.75) is 38.5 Å². The van der Waals surface area contributed by atoms with Crippen molar-refractivity contribution in [2.24, 2.45) is 0 Å². The van der Waals surface area contributed by atoms with Gasteiger partial charge in [-0.15, -0.1) is 0 Å². The lowest BCUT2D eigenvalue weighted by molar-refractivity contribution is 0.285. The number of hydrogen-bond donors (Lipinski definition) is 1. The van der Waals surface area contributed by atoms with Gasteiger partial charge in [0.2, 0.25) is 0 Å². The molecule has 0 saturated heterocycles. The number of halogens is 2. The molecule has 0 atom stereocenters. The maximum absolute atomic E-state index is 14.8. The molecule has 26 heavy (non-hydrogen) atoms. The van der Waals surface area contributed by atoms with Crippen LogP contribution in [0.2, 0.25) is 0 Å². The quantitative estimate of drug-likeness (QED) is 0.702. The van der Waals surface area contributed by atoms with Crippen molar-refractivity contribution in [2.75, 3.05) is 13.7 Å². The molecule has 0 radical (unpaired) electrons. The maximum atomic E-state index is 14.8. The van der Waals surface area contributed by atoms with E-state index in [4.69, 9.17) is 9.84 Å². The van der Waals surface area contributed by atoms with E-state index in [0.717, 1.165) is 48.0 Å². The smallest absolute Gasteiger partial charge is 0.168 e. The van der Waals surface area contributed by atoms with Crippen LogP contribution in [0, 0.1) is 11.6 Å². The van der Waals surface area contributed by atoms with Gasteiger partial charge >= 0.3 is 0 Å². The summed E-state index contributed by atoms with van der Waals surface area (Å²) in [5.74, 6) is -0.283. The van der Waals surface area contributed by atoms with Crippen molar-refractivity contribution >= 4 is 11.1 Å². The molecule has 1 N–H and O–H groups in total. The monoisotopic (exact) mass is 358 g/mol. The Morgan fingerprint density at radius 2 is 1.77 bits per heavy atom. The summed E-state index contributed by atoms with van der Waals surface area (Å²) in [5.41, 5.74) is 4.83. The van der Waals surface area contributed by atoms with Gasteiger partial charge in [-0.1, -0.05) is 18.2 Å². The van der Waals surface area contributed by atoms with Crippen LogP contribution in [0.25, 0.3) is 11.1 Å². The summed E-state index contributed by atoms with van der Waals surface area (Å²) in [7, 11) is 1.48. The summed E-state index contributed by atoms with van der Waals surface area (Å²) in [6.07, 6.45) is 4.57. The highest BCUT2D eigenvalue weighted by molar-refractivity contribution is 5.92. The van der Waals surface area contributed by atoms with Gasteiger partial charge in [0.15, 0.2) is 11.6 Å². The molecule has 0 aliphatic heterocycles. The molecule has 0 heterocycles. The van der Waals surface area contributed by atoms with Gasteiger partial charge in [0.1, 0.15) is 5.82 Å². The molecule has 2 aromatic rings. The standard InChI is InChI=1S/C22H24F2O2/c1-26-21-13-12-19-18(5-2-3-14-25)17(6-4-7-20(19)22(21)24)15-8-10-16(23)11-9-15/h8-13,25H,2-7,14H2,1H3. The SMILES string of the molecule is COc1ccc2c(c1F)CCCC(c1ccc(F)cc1)=C2CCCCO. The predicted octanol–water partition coefficient (Wildman–Crippen LogP) is 5.38. The zero-order valence-corrected chi connectivity index (χ0v) is 15.0. The van der Waals surface area contributed by atoms with E-state index in [0.29, 0.717) is 18.4 Å². The van der Waals surface area contributed by atoms with Crippen LogP contribution in [-0.2, 0) is 6.42 Å². The number of allylic oxidation sites excluding steroid dienone is 2. The van der Waals surface area contributed by atoms with E-state index in [9.17, 15) is 8.78 Å². The fourth-order valence-corrected chi connectivity index (χ4v) is 3.71. The molecular weight excluding hydrogens is 334 g/mol. The molecule has 0 amide bonds. The number of unbranched alkanes of at least 4 members (excludes halogenated alkanes) is 1. The average Bonchev–Trinajstić information content (AvgIpc) is 2.83. The predicted molar refractivity (Wildman–Crippen MR) is 100 cm³/mol. The Hall–Kier alpha value is -2.20. The van der Waals surface area contributed by atoms with Crippen LogP contribution < -0.4 is 4.74 Å². The first kappa shape index (κ1) is 18.6. The Morgan fingerprint density at radius 3 is 2.46 bits per heavy atom. The Labute approximate surface area is 153 Å². The first-order chi connectivity index (χ1) is 12.7. The van der Waals surface area contributed by atoms with Crippen molar-refractivity contribution in [1.29, 1.82) is 0 Å². The van der Waals surface area contributed by atoms with Gasteiger partial charge in [-0.05, 0) is 84.6 Å². The summed E-state index contributed by atoms with van der Waals surface area (Å²) >= 11 is 0. The molecule has 1 aliphatic rings. The van der Waals surface area contributed by atoms with Crippen LogP contribution >= 0.6 is 0 Å². The van der Waals surface area contributed by atoms with Crippen LogP contribution in [0.15, 0.2) is 36.4 Å². The second-order valence-electron chi connectivity index (χ2n) is 6.61. The lowest BCUT2D eigenvalue weighted by Gasteiger charge is -2.17. The third-order valence-corrected chi connectivity index (χ3v) is 5.00. The minimum Gasteiger partial charge on any atom is -0.494 e. The second-order valence-corrected chi connectivity index (χ2v) is 6.61. The first-order valence-electron chi connectivity index (χ1n) is 9.10. The summed E-state index contributed by atoms with van der Waals surface area (Å²) < 4.78 is 33.3. The molecule has 0 spiro atoms. The molecule has 2 aromatic carbocycles. The number of aliphatic hydroxyl groups is 1. The zero-order chi connectivity index (χ0) is 18.5. The van der Waals surface area contributed by atoms with Gasteiger partial charge in [-0.3, -0.25) is 0 Å². The normalized spacial score (nSPS) is 14.2. The van der Waals surface area contributed by atoms with Gasteiger partial charge < -0.3 is 9.84 Å². The minimum atomic E-state index is -0.287. The van der Waals surface area contributed by atoms with Crippen molar-refractivity contribution < 1.29 is 18.6 Å². The van der Waals surface area contributed by atoms with Crippen LogP contribution in [0.5, 0.6) is 5.75 Å². The molecule has 0 saturated carbocycles. The summed E-state index contributed by atoms with van der Waals surface area (Å²) in [6.45, 7) is 0.142. The Bertz CT molecular complexity index is 795. The van der Waals surface area contributed by atoms with Gasteiger partial charge in [0.25, 0.3) is 0 Å². The van der Waals surface area contributed by atoms with E-state index in [-0.39, 0.29) is 24.0 Å².